The van der Waals surface area contributed by atoms with E-state index < -0.39 is 11.4 Å². The van der Waals surface area contributed by atoms with Crippen molar-refractivity contribution in [2.75, 3.05) is 0 Å². The Morgan fingerprint density at radius 1 is 1.33 bits per heavy atom. The molecule has 0 spiro atoms. The van der Waals surface area contributed by atoms with Gasteiger partial charge in [-0.15, -0.1) is 6.42 Å². The van der Waals surface area contributed by atoms with Crippen LogP contribution in [0.4, 0.5) is 0 Å². The van der Waals surface area contributed by atoms with Crippen molar-refractivity contribution in [1.82, 2.24) is 4.57 Å². The van der Waals surface area contributed by atoms with E-state index in [0.29, 0.717) is 10.9 Å². The van der Waals surface area contributed by atoms with E-state index in [-0.39, 0.29) is 6.54 Å². The molecular weight excluding hydrogens is 194 g/mol. The molecule has 4 nitrogen and oxygen atoms in total. The molecule has 0 radical (unpaired) electrons. The van der Waals surface area contributed by atoms with Crippen LogP contribution in [0.15, 0.2) is 38.3 Å². The van der Waals surface area contributed by atoms with Gasteiger partial charge in [-0.2, -0.15) is 0 Å². The van der Waals surface area contributed by atoms with Crippen molar-refractivity contribution in [3.8, 4) is 12.3 Å². The molecule has 0 saturated heterocycles. The van der Waals surface area contributed by atoms with Crippen molar-refractivity contribution in [3.63, 3.8) is 0 Å². The molecule has 0 N–H and O–H groups in total. The quantitative estimate of drug-likeness (QED) is 0.634. The number of fused-ring (bicyclic) bond motifs is 1. The second-order valence-corrected chi connectivity index (χ2v) is 2.96. The van der Waals surface area contributed by atoms with Gasteiger partial charge < -0.3 is 4.42 Å². The summed E-state index contributed by atoms with van der Waals surface area (Å²) in [6, 6.07) is 6.68. The van der Waals surface area contributed by atoms with Gasteiger partial charge in [-0.1, -0.05) is 18.1 Å². The van der Waals surface area contributed by atoms with Crippen LogP contribution in [-0.4, -0.2) is 4.57 Å². The number of hydrogen-bond acceptors (Lipinski definition) is 3. The third-order valence-corrected chi connectivity index (χ3v) is 2.06. The van der Waals surface area contributed by atoms with E-state index in [4.69, 9.17) is 6.42 Å². The van der Waals surface area contributed by atoms with Gasteiger partial charge in [-0.3, -0.25) is 4.57 Å². The van der Waals surface area contributed by atoms with Gasteiger partial charge in [0.05, 0.1) is 17.4 Å². The topological polar surface area (TPSA) is 52.2 Å². The third kappa shape index (κ3) is 1.44. The summed E-state index contributed by atoms with van der Waals surface area (Å²) in [6.07, 6.45) is 5.13. The Morgan fingerprint density at radius 3 is 2.80 bits per heavy atom. The Hall–Kier alpha value is -2.28. The van der Waals surface area contributed by atoms with Crippen LogP contribution in [0, 0.1) is 12.3 Å². The number of nitrogens with zero attached hydrogens (tertiary/aromatic N) is 1. The molecule has 4 heteroatoms. The fraction of sp³-hybridized carbons (Fsp3) is 0.0909. The number of rotatable bonds is 1. The number of para-hydroxylation sites is 1. The second-order valence-electron chi connectivity index (χ2n) is 2.96. The first kappa shape index (κ1) is 9.28. The zero-order valence-electron chi connectivity index (χ0n) is 7.77. The van der Waals surface area contributed by atoms with E-state index in [1.54, 1.807) is 24.3 Å². The van der Waals surface area contributed by atoms with Crippen LogP contribution in [0.3, 0.4) is 0 Å². The monoisotopic (exact) mass is 201 g/mol. The Kier molecular flexibility index (Phi) is 2.14. The molecule has 1 aromatic heterocycles. The lowest BCUT2D eigenvalue weighted by molar-refractivity contribution is 0.427. The lowest BCUT2D eigenvalue weighted by Gasteiger charge is -2.03. The molecule has 0 unspecified atom stereocenters. The Balaban J connectivity index is 2.98. The van der Waals surface area contributed by atoms with Crippen molar-refractivity contribution in [3.05, 3.63) is 45.2 Å². The fourth-order valence-electron chi connectivity index (χ4n) is 1.41. The maximum absolute atomic E-state index is 11.3. The van der Waals surface area contributed by atoms with Crippen LogP contribution >= 0.6 is 0 Å². The molecule has 74 valence electrons. The Morgan fingerprint density at radius 2 is 2.07 bits per heavy atom. The molecule has 0 atom stereocenters. The number of benzene rings is 1. The van der Waals surface area contributed by atoms with Gasteiger partial charge in [-0.05, 0) is 12.1 Å². The normalized spacial score (nSPS) is 10.1. The van der Waals surface area contributed by atoms with Crippen LogP contribution in [0.5, 0.6) is 0 Å². The molecule has 0 saturated carbocycles. The summed E-state index contributed by atoms with van der Waals surface area (Å²) in [7, 11) is 0. The number of terminal acetylenes is 1. The largest absolute Gasteiger partial charge is 0.423 e. The van der Waals surface area contributed by atoms with E-state index in [9.17, 15) is 9.59 Å². The van der Waals surface area contributed by atoms with E-state index in [1.807, 2.05) is 0 Å². The number of aromatic nitrogens is 1. The maximum Gasteiger partial charge on any atom is 0.423 e. The zero-order chi connectivity index (χ0) is 10.8. The summed E-state index contributed by atoms with van der Waals surface area (Å²) in [5, 5.41) is 0.354. The molecule has 2 rings (SSSR count). The lowest BCUT2D eigenvalue weighted by atomic mass is 10.2. The Labute approximate surface area is 84.8 Å². The predicted octanol–water partition coefficient (Wildman–Crippen LogP) is 0.588. The van der Waals surface area contributed by atoms with Crippen molar-refractivity contribution in [2.45, 2.75) is 6.54 Å². The molecule has 1 aromatic carbocycles. The summed E-state index contributed by atoms with van der Waals surface area (Å²) in [6.45, 7) is 0.0864. The molecule has 15 heavy (non-hydrogen) atoms. The van der Waals surface area contributed by atoms with Crippen LogP contribution in [0.1, 0.15) is 0 Å². The molecule has 0 aliphatic rings. The van der Waals surface area contributed by atoms with E-state index in [0.717, 1.165) is 0 Å². The number of hydrogen-bond donors (Lipinski definition) is 0. The molecule has 0 bridgehead atoms. The second kappa shape index (κ2) is 3.46. The van der Waals surface area contributed by atoms with E-state index in [1.165, 1.54) is 4.57 Å². The van der Waals surface area contributed by atoms with Gasteiger partial charge >= 0.3 is 11.4 Å². The molecule has 0 amide bonds. The average molecular weight is 201 g/mol. The maximum atomic E-state index is 11.3. The smallest absolute Gasteiger partial charge is 0.372 e. The minimum atomic E-state index is -0.725. The highest BCUT2D eigenvalue weighted by Crippen LogP contribution is 2.06. The highest BCUT2D eigenvalue weighted by atomic mass is 16.4. The van der Waals surface area contributed by atoms with Crippen LogP contribution < -0.4 is 11.4 Å². The lowest BCUT2D eigenvalue weighted by Crippen LogP contribution is -2.24. The van der Waals surface area contributed by atoms with Gasteiger partial charge in [0.25, 0.3) is 0 Å². The molecule has 2 aromatic rings. The summed E-state index contributed by atoms with van der Waals surface area (Å²) in [4.78, 5) is 22.7. The minimum absolute atomic E-state index is 0.0864. The zero-order valence-corrected chi connectivity index (χ0v) is 7.77. The van der Waals surface area contributed by atoms with Crippen molar-refractivity contribution in [1.29, 1.82) is 0 Å². The standard InChI is InChI=1S/C11H7NO3/c1-2-7-12-9-6-4-3-5-8(9)10(13)15-11(12)14/h1,3-6H,7H2. The molecular formula is C11H7NO3. The van der Waals surface area contributed by atoms with E-state index >= 15 is 0 Å². The van der Waals surface area contributed by atoms with Crippen molar-refractivity contribution in [2.24, 2.45) is 0 Å². The summed E-state index contributed by atoms with van der Waals surface area (Å²) < 4.78 is 5.78. The van der Waals surface area contributed by atoms with Gasteiger partial charge in [0.2, 0.25) is 0 Å². The highest BCUT2D eigenvalue weighted by molar-refractivity contribution is 5.77. The predicted molar refractivity (Wildman–Crippen MR) is 55.6 cm³/mol. The molecule has 0 fully saturated rings. The molecule has 0 aliphatic carbocycles. The molecule has 1 heterocycles. The first-order valence-electron chi connectivity index (χ1n) is 4.30. The Bertz CT molecular complexity index is 658. The fourth-order valence-corrected chi connectivity index (χ4v) is 1.41. The summed E-state index contributed by atoms with van der Waals surface area (Å²) >= 11 is 0. The SMILES string of the molecule is C#CCn1c(=O)oc(=O)c2ccccc21. The summed E-state index contributed by atoms with van der Waals surface area (Å²) in [5.41, 5.74) is -0.138. The van der Waals surface area contributed by atoms with Gasteiger partial charge in [0, 0.05) is 0 Å². The van der Waals surface area contributed by atoms with Crippen LogP contribution in [-0.2, 0) is 6.54 Å². The van der Waals surface area contributed by atoms with Crippen LogP contribution in [0.25, 0.3) is 10.9 Å². The first-order chi connectivity index (χ1) is 7.24. The van der Waals surface area contributed by atoms with Gasteiger partial charge in [0.15, 0.2) is 0 Å². The average Bonchev–Trinajstić information content (AvgIpc) is 2.24. The summed E-state index contributed by atoms with van der Waals surface area (Å²) in [5.74, 6) is 1.61. The van der Waals surface area contributed by atoms with Crippen molar-refractivity contribution < 1.29 is 4.42 Å². The molecule has 0 aliphatic heterocycles. The van der Waals surface area contributed by atoms with Gasteiger partial charge in [0.1, 0.15) is 0 Å². The van der Waals surface area contributed by atoms with Crippen LogP contribution in [0.2, 0.25) is 0 Å². The van der Waals surface area contributed by atoms with Crippen molar-refractivity contribution >= 4 is 10.9 Å². The first-order valence-corrected chi connectivity index (χ1v) is 4.30. The highest BCUT2D eigenvalue weighted by Gasteiger charge is 2.06. The minimum Gasteiger partial charge on any atom is -0.372 e. The van der Waals surface area contributed by atoms with E-state index in [2.05, 4.69) is 10.3 Å². The van der Waals surface area contributed by atoms with Gasteiger partial charge in [-0.25, -0.2) is 9.59 Å². The third-order valence-electron chi connectivity index (χ3n) is 2.06.